The van der Waals surface area contributed by atoms with Crippen LogP contribution in [-0.4, -0.2) is 64.9 Å². The molecule has 53 heavy (non-hydrogen) atoms. The Balaban J connectivity index is 3.84. The number of amides is 1. The highest BCUT2D eigenvalue weighted by Crippen LogP contribution is 2.43. The Bertz CT molecular complexity index is 921. The largest absolute Gasteiger partial charge is 0.480 e. The van der Waals surface area contributed by atoms with Crippen molar-refractivity contribution in [2.45, 2.75) is 225 Å². The summed E-state index contributed by atoms with van der Waals surface area (Å²) in [4.78, 5) is 45.8. The summed E-state index contributed by atoms with van der Waals surface area (Å²) >= 11 is 0. The number of rotatable bonds is 41. The van der Waals surface area contributed by atoms with Gasteiger partial charge in [-0.3, -0.25) is 18.6 Å². The number of hydrogen-bond donors (Lipinski definition) is 4. The van der Waals surface area contributed by atoms with E-state index in [4.69, 9.17) is 13.8 Å². The number of phosphoric acid groups is 1. The van der Waals surface area contributed by atoms with Gasteiger partial charge in [0.1, 0.15) is 12.7 Å². The Morgan fingerprint density at radius 2 is 0.868 bits per heavy atom. The molecule has 3 unspecified atom stereocenters. The lowest BCUT2D eigenvalue weighted by molar-refractivity contribution is -0.147. The van der Waals surface area contributed by atoms with Gasteiger partial charge in [-0.2, -0.15) is 0 Å². The van der Waals surface area contributed by atoms with Gasteiger partial charge in [0.05, 0.1) is 13.2 Å². The molecule has 0 aromatic carbocycles. The Hall–Kier alpha value is -1.52. The minimum Gasteiger partial charge on any atom is -0.480 e. The van der Waals surface area contributed by atoms with Crippen LogP contribution in [0.15, 0.2) is 0 Å². The Morgan fingerprint density at radius 1 is 0.528 bits per heavy atom. The fraction of sp³-hybridized carbons (Fsp3) is 0.927. The second kappa shape index (κ2) is 37.4. The molecule has 11 nitrogen and oxygen atoms in total. The Morgan fingerprint density at radius 3 is 1.25 bits per heavy atom. The molecule has 1 amide bonds. The van der Waals surface area contributed by atoms with Crippen LogP contribution < -0.4 is 5.32 Å². The number of carbonyl (C=O) groups is 3. The van der Waals surface area contributed by atoms with Crippen molar-refractivity contribution in [1.29, 1.82) is 0 Å². The van der Waals surface area contributed by atoms with Crippen LogP contribution in [0.2, 0.25) is 0 Å². The molecule has 0 saturated heterocycles. The van der Waals surface area contributed by atoms with E-state index in [9.17, 15) is 34.1 Å². The van der Waals surface area contributed by atoms with Crippen molar-refractivity contribution in [3.8, 4) is 0 Å². The monoisotopic (exact) mass is 778 g/mol. The van der Waals surface area contributed by atoms with Crippen molar-refractivity contribution in [1.82, 2.24) is 5.32 Å². The first-order valence-electron chi connectivity index (χ1n) is 21.6. The second-order valence-corrected chi connectivity index (χ2v) is 16.4. The van der Waals surface area contributed by atoms with E-state index in [0.717, 1.165) is 38.5 Å². The maximum atomic E-state index is 12.2. The van der Waals surface area contributed by atoms with E-state index in [1.807, 2.05) is 0 Å². The van der Waals surface area contributed by atoms with Crippen molar-refractivity contribution in [2.75, 3.05) is 19.8 Å². The third-order valence-electron chi connectivity index (χ3n) is 9.65. The molecule has 0 aromatic heterocycles. The van der Waals surface area contributed by atoms with Gasteiger partial charge >= 0.3 is 19.8 Å². The smallest absolute Gasteiger partial charge is 0.472 e. The summed E-state index contributed by atoms with van der Waals surface area (Å²) in [7, 11) is -4.74. The lowest BCUT2D eigenvalue weighted by Crippen LogP contribution is -2.43. The first-order valence-corrected chi connectivity index (χ1v) is 23.1. The van der Waals surface area contributed by atoms with Crippen LogP contribution >= 0.6 is 7.82 Å². The number of hydrogen-bond acceptors (Lipinski definition) is 8. The third-order valence-corrected chi connectivity index (χ3v) is 10.6. The first kappa shape index (κ1) is 51.5. The molecule has 0 aliphatic rings. The fourth-order valence-electron chi connectivity index (χ4n) is 6.26. The molecule has 0 heterocycles. The van der Waals surface area contributed by atoms with Crippen molar-refractivity contribution < 1.29 is 47.8 Å². The normalized spacial score (nSPS) is 13.7. The molecular weight excluding hydrogens is 697 g/mol. The number of esters is 1. The molecule has 314 valence electrons. The van der Waals surface area contributed by atoms with E-state index >= 15 is 0 Å². The van der Waals surface area contributed by atoms with Gasteiger partial charge in [-0.05, 0) is 12.8 Å². The number of aliphatic carboxylic acids is 1. The Kier molecular flexibility index (Phi) is 36.3. The number of phosphoric ester groups is 1. The maximum Gasteiger partial charge on any atom is 0.472 e. The van der Waals surface area contributed by atoms with E-state index in [2.05, 4.69) is 19.2 Å². The molecule has 0 aliphatic heterocycles. The zero-order chi connectivity index (χ0) is 39.3. The van der Waals surface area contributed by atoms with Crippen LogP contribution in [0.4, 0.5) is 0 Å². The van der Waals surface area contributed by atoms with Crippen LogP contribution in [0.25, 0.3) is 0 Å². The number of ether oxygens (including phenoxy) is 1. The van der Waals surface area contributed by atoms with E-state index < -0.39 is 57.6 Å². The summed E-state index contributed by atoms with van der Waals surface area (Å²) in [6.07, 6.45) is 34.2. The zero-order valence-electron chi connectivity index (χ0n) is 33.8. The first-order chi connectivity index (χ1) is 25.6. The summed E-state index contributed by atoms with van der Waals surface area (Å²) in [5.41, 5.74) is 0. The quantitative estimate of drug-likeness (QED) is 0.0266. The van der Waals surface area contributed by atoms with Crippen LogP contribution in [-0.2, 0) is 32.7 Å². The standard InChI is InChI=1S/C41H80NO10P/c1-3-5-7-9-11-13-15-16-17-18-19-20-21-23-25-27-29-31-33-40(45)50-34-37(43)35-51-53(48,49)52-36-38(41(46)47)42-39(44)32-30-28-26-24-22-14-12-10-8-6-4-2/h37-38,43H,3-36H2,1-2H3,(H,42,44)(H,46,47)(H,48,49). The van der Waals surface area contributed by atoms with Gasteiger partial charge in [0.15, 0.2) is 6.04 Å². The molecule has 0 spiro atoms. The number of aliphatic hydroxyl groups is 1. The summed E-state index contributed by atoms with van der Waals surface area (Å²) in [6.45, 7) is 2.60. The van der Waals surface area contributed by atoms with Crippen molar-refractivity contribution >= 4 is 25.7 Å². The van der Waals surface area contributed by atoms with Crippen molar-refractivity contribution in [3.63, 3.8) is 0 Å². The molecule has 0 fully saturated rings. The summed E-state index contributed by atoms with van der Waals surface area (Å²) < 4.78 is 26.8. The minimum absolute atomic E-state index is 0.151. The maximum absolute atomic E-state index is 12.2. The zero-order valence-corrected chi connectivity index (χ0v) is 34.7. The van der Waals surface area contributed by atoms with Crippen LogP contribution in [0.1, 0.15) is 213 Å². The average Bonchev–Trinajstić information content (AvgIpc) is 3.13. The van der Waals surface area contributed by atoms with Gasteiger partial charge in [0, 0.05) is 12.8 Å². The predicted molar refractivity (Wildman–Crippen MR) is 213 cm³/mol. The van der Waals surface area contributed by atoms with Gasteiger partial charge in [-0.15, -0.1) is 0 Å². The molecule has 0 rings (SSSR count). The molecule has 0 radical (unpaired) electrons. The van der Waals surface area contributed by atoms with Gasteiger partial charge < -0.3 is 25.2 Å². The highest BCUT2D eigenvalue weighted by Gasteiger charge is 2.28. The molecule has 3 atom stereocenters. The van der Waals surface area contributed by atoms with Crippen LogP contribution in [0, 0.1) is 0 Å². The minimum atomic E-state index is -4.74. The highest BCUT2D eigenvalue weighted by molar-refractivity contribution is 7.47. The molecular formula is C41H80NO10P. The van der Waals surface area contributed by atoms with E-state index in [0.29, 0.717) is 12.8 Å². The van der Waals surface area contributed by atoms with Crippen molar-refractivity contribution in [2.24, 2.45) is 0 Å². The van der Waals surface area contributed by atoms with E-state index in [1.54, 1.807) is 0 Å². The van der Waals surface area contributed by atoms with Crippen LogP contribution in [0.5, 0.6) is 0 Å². The number of carbonyl (C=O) groups excluding carboxylic acids is 2. The summed E-state index contributed by atoms with van der Waals surface area (Å²) in [6, 6.07) is -1.54. The molecule has 12 heteroatoms. The van der Waals surface area contributed by atoms with Gasteiger partial charge in [-0.25, -0.2) is 9.36 Å². The van der Waals surface area contributed by atoms with Crippen molar-refractivity contribution in [3.05, 3.63) is 0 Å². The average molecular weight is 778 g/mol. The van der Waals surface area contributed by atoms with Gasteiger partial charge in [0.25, 0.3) is 0 Å². The fourth-order valence-corrected chi connectivity index (χ4v) is 7.03. The van der Waals surface area contributed by atoms with Gasteiger partial charge in [-0.1, -0.05) is 187 Å². The number of carboxylic acid groups (broad SMARTS) is 1. The third kappa shape index (κ3) is 37.2. The molecule has 0 aromatic rings. The number of aliphatic hydroxyl groups excluding tert-OH is 1. The number of nitrogens with one attached hydrogen (secondary N) is 1. The van der Waals surface area contributed by atoms with E-state index in [-0.39, 0.29) is 12.8 Å². The topological polar surface area (TPSA) is 169 Å². The number of unbranched alkanes of at least 4 members (excludes halogenated alkanes) is 27. The summed E-state index contributed by atoms with van der Waals surface area (Å²) in [5, 5.41) is 21.8. The van der Waals surface area contributed by atoms with E-state index in [1.165, 1.54) is 135 Å². The second-order valence-electron chi connectivity index (χ2n) is 14.9. The summed E-state index contributed by atoms with van der Waals surface area (Å²) in [5.74, 6) is -2.36. The highest BCUT2D eigenvalue weighted by atomic mass is 31.2. The lowest BCUT2D eigenvalue weighted by Gasteiger charge is -2.18. The molecule has 4 N–H and O–H groups in total. The molecule has 0 bridgehead atoms. The number of carboxylic acids is 1. The van der Waals surface area contributed by atoms with Gasteiger partial charge in [0.2, 0.25) is 5.91 Å². The lowest BCUT2D eigenvalue weighted by atomic mass is 10.0. The Labute approximate surface area is 323 Å². The SMILES string of the molecule is CCCCCCCCCCCCCCCCCCCCC(=O)OCC(O)COP(=O)(O)OCC(NC(=O)CCCCCCCCCCCCC)C(=O)O. The van der Waals surface area contributed by atoms with Crippen LogP contribution in [0.3, 0.4) is 0 Å². The molecule has 0 saturated carbocycles. The molecule has 0 aliphatic carbocycles. The predicted octanol–water partition coefficient (Wildman–Crippen LogP) is 10.7.